The predicted molar refractivity (Wildman–Crippen MR) is 72.9 cm³/mol. The molecule has 2 N–H and O–H groups in total. The number of rotatable bonds is 5. The molecule has 2 aromatic rings. The SMILES string of the molecule is CC(CO)CNC(=O)c1csc(-c2cnn(C)c2)n1. The third-order valence-corrected chi connectivity index (χ3v) is 3.50. The van der Waals surface area contributed by atoms with Crippen LogP contribution < -0.4 is 5.32 Å². The highest BCUT2D eigenvalue weighted by Gasteiger charge is 2.13. The van der Waals surface area contributed by atoms with Crippen LogP contribution in [0.3, 0.4) is 0 Å². The van der Waals surface area contributed by atoms with Gasteiger partial charge in [-0.25, -0.2) is 4.98 Å². The van der Waals surface area contributed by atoms with Gasteiger partial charge in [0.05, 0.1) is 6.20 Å². The number of aryl methyl sites for hydroxylation is 1. The molecule has 0 aromatic carbocycles. The van der Waals surface area contributed by atoms with Gasteiger partial charge in [-0.05, 0) is 5.92 Å². The van der Waals surface area contributed by atoms with E-state index in [0.29, 0.717) is 12.2 Å². The van der Waals surface area contributed by atoms with Crippen molar-refractivity contribution in [2.24, 2.45) is 13.0 Å². The Labute approximate surface area is 115 Å². The van der Waals surface area contributed by atoms with Crippen molar-refractivity contribution in [3.63, 3.8) is 0 Å². The molecule has 1 amide bonds. The molecule has 0 aliphatic carbocycles. The fourth-order valence-corrected chi connectivity index (χ4v) is 2.24. The summed E-state index contributed by atoms with van der Waals surface area (Å²) in [6, 6.07) is 0. The van der Waals surface area contributed by atoms with Gasteiger partial charge < -0.3 is 10.4 Å². The predicted octanol–water partition coefficient (Wildman–Crippen LogP) is 0.902. The Kier molecular flexibility index (Phi) is 4.28. The van der Waals surface area contributed by atoms with Crippen LogP contribution in [-0.4, -0.2) is 38.9 Å². The largest absolute Gasteiger partial charge is 0.396 e. The first-order valence-corrected chi connectivity index (χ1v) is 6.81. The van der Waals surface area contributed by atoms with Gasteiger partial charge in [-0.2, -0.15) is 5.10 Å². The maximum Gasteiger partial charge on any atom is 0.270 e. The summed E-state index contributed by atoms with van der Waals surface area (Å²) in [5, 5.41) is 18.2. The first-order chi connectivity index (χ1) is 9.10. The highest BCUT2D eigenvalue weighted by Crippen LogP contribution is 2.22. The average Bonchev–Trinajstić information content (AvgIpc) is 3.03. The zero-order valence-corrected chi connectivity index (χ0v) is 11.6. The van der Waals surface area contributed by atoms with Crippen molar-refractivity contribution >= 4 is 17.2 Å². The molecule has 1 unspecified atom stereocenters. The second kappa shape index (κ2) is 5.94. The lowest BCUT2D eigenvalue weighted by Gasteiger charge is -2.07. The van der Waals surface area contributed by atoms with E-state index in [1.54, 1.807) is 16.3 Å². The molecule has 2 aromatic heterocycles. The van der Waals surface area contributed by atoms with Gasteiger partial charge in [-0.15, -0.1) is 11.3 Å². The van der Waals surface area contributed by atoms with E-state index in [2.05, 4.69) is 15.4 Å². The number of hydrogen-bond donors (Lipinski definition) is 2. The molecule has 2 heterocycles. The molecule has 0 saturated heterocycles. The van der Waals surface area contributed by atoms with Gasteiger partial charge in [0.25, 0.3) is 5.91 Å². The summed E-state index contributed by atoms with van der Waals surface area (Å²) in [5.74, 6) is -0.174. The summed E-state index contributed by atoms with van der Waals surface area (Å²) in [6.45, 7) is 2.36. The molecule has 0 bridgehead atoms. The topological polar surface area (TPSA) is 80.0 Å². The minimum Gasteiger partial charge on any atom is -0.396 e. The highest BCUT2D eigenvalue weighted by atomic mass is 32.1. The zero-order valence-electron chi connectivity index (χ0n) is 10.8. The van der Waals surface area contributed by atoms with Gasteiger partial charge in [-0.1, -0.05) is 6.92 Å². The van der Waals surface area contributed by atoms with E-state index in [1.807, 2.05) is 20.2 Å². The van der Waals surface area contributed by atoms with Crippen LogP contribution >= 0.6 is 11.3 Å². The van der Waals surface area contributed by atoms with Crippen LogP contribution in [0.4, 0.5) is 0 Å². The van der Waals surface area contributed by atoms with Crippen molar-refractivity contribution < 1.29 is 9.90 Å². The van der Waals surface area contributed by atoms with Gasteiger partial charge in [0.2, 0.25) is 0 Å². The monoisotopic (exact) mass is 280 g/mol. The smallest absolute Gasteiger partial charge is 0.270 e. The number of aliphatic hydroxyl groups excluding tert-OH is 1. The first-order valence-electron chi connectivity index (χ1n) is 5.93. The number of amides is 1. The van der Waals surface area contributed by atoms with Crippen LogP contribution in [0.25, 0.3) is 10.6 Å². The molecule has 19 heavy (non-hydrogen) atoms. The summed E-state index contributed by atoms with van der Waals surface area (Å²) in [4.78, 5) is 16.1. The maximum atomic E-state index is 11.8. The van der Waals surface area contributed by atoms with Gasteiger partial charge in [-0.3, -0.25) is 9.48 Å². The minimum absolute atomic E-state index is 0.0420. The lowest BCUT2D eigenvalue weighted by atomic mass is 10.2. The number of thiazole rings is 1. The van der Waals surface area contributed by atoms with Gasteiger partial charge in [0.1, 0.15) is 10.7 Å². The minimum atomic E-state index is -0.216. The Morgan fingerprint density at radius 3 is 3.05 bits per heavy atom. The van der Waals surface area contributed by atoms with E-state index in [0.717, 1.165) is 10.6 Å². The van der Waals surface area contributed by atoms with Crippen molar-refractivity contribution in [3.05, 3.63) is 23.5 Å². The molecule has 7 heteroatoms. The summed E-state index contributed by atoms with van der Waals surface area (Å²) in [5.41, 5.74) is 1.30. The summed E-state index contributed by atoms with van der Waals surface area (Å²) in [6.07, 6.45) is 3.57. The van der Waals surface area contributed by atoms with Crippen LogP contribution in [0.2, 0.25) is 0 Å². The molecule has 0 aliphatic rings. The van der Waals surface area contributed by atoms with E-state index in [9.17, 15) is 4.79 Å². The molecule has 1 atom stereocenters. The van der Waals surface area contributed by atoms with Gasteiger partial charge >= 0.3 is 0 Å². The number of hydrogen-bond acceptors (Lipinski definition) is 5. The number of nitrogens with one attached hydrogen (secondary N) is 1. The number of carbonyl (C=O) groups is 1. The number of nitrogens with zero attached hydrogens (tertiary/aromatic N) is 3. The lowest BCUT2D eigenvalue weighted by molar-refractivity contribution is 0.0938. The van der Waals surface area contributed by atoms with Gasteiger partial charge in [0, 0.05) is 37.3 Å². The Balaban J connectivity index is 2.02. The van der Waals surface area contributed by atoms with Gasteiger partial charge in [0.15, 0.2) is 0 Å². The zero-order chi connectivity index (χ0) is 13.8. The van der Waals surface area contributed by atoms with Crippen molar-refractivity contribution in [2.45, 2.75) is 6.92 Å². The summed E-state index contributed by atoms with van der Waals surface area (Å²) >= 11 is 1.41. The van der Waals surface area contributed by atoms with Crippen LogP contribution in [0.5, 0.6) is 0 Å². The molecule has 0 saturated carbocycles. The average molecular weight is 280 g/mol. The van der Waals surface area contributed by atoms with Crippen LogP contribution in [0.15, 0.2) is 17.8 Å². The first kappa shape index (κ1) is 13.7. The van der Waals surface area contributed by atoms with Crippen LogP contribution in [0, 0.1) is 5.92 Å². The number of carbonyl (C=O) groups excluding carboxylic acids is 1. The summed E-state index contributed by atoms with van der Waals surface area (Å²) < 4.78 is 1.69. The normalized spacial score (nSPS) is 12.4. The molecular weight excluding hydrogens is 264 g/mol. The van der Waals surface area contributed by atoms with Crippen molar-refractivity contribution in [1.29, 1.82) is 0 Å². The van der Waals surface area contributed by atoms with Crippen LogP contribution in [0.1, 0.15) is 17.4 Å². The molecule has 2 rings (SSSR count). The van der Waals surface area contributed by atoms with Crippen molar-refractivity contribution in [1.82, 2.24) is 20.1 Å². The molecule has 0 radical (unpaired) electrons. The highest BCUT2D eigenvalue weighted by molar-refractivity contribution is 7.13. The van der Waals surface area contributed by atoms with E-state index in [4.69, 9.17) is 5.11 Å². The molecule has 6 nitrogen and oxygen atoms in total. The van der Waals surface area contributed by atoms with Crippen LogP contribution in [-0.2, 0) is 7.05 Å². The van der Waals surface area contributed by atoms with Crippen molar-refractivity contribution in [2.75, 3.05) is 13.2 Å². The third kappa shape index (κ3) is 3.39. The Bertz CT molecular complexity index is 564. The van der Waals surface area contributed by atoms with E-state index < -0.39 is 0 Å². The number of aliphatic hydroxyl groups is 1. The molecule has 0 aliphatic heterocycles. The second-order valence-electron chi connectivity index (χ2n) is 4.44. The quantitative estimate of drug-likeness (QED) is 0.853. The Morgan fingerprint density at radius 2 is 2.42 bits per heavy atom. The standard InChI is InChI=1S/C12H16N4O2S/c1-8(6-17)3-13-11(18)10-7-19-12(15-10)9-4-14-16(2)5-9/h4-5,7-8,17H,3,6H2,1-2H3,(H,13,18). The van der Waals surface area contributed by atoms with E-state index in [1.165, 1.54) is 11.3 Å². The number of aromatic nitrogens is 3. The maximum absolute atomic E-state index is 11.8. The summed E-state index contributed by atoms with van der Waals surface area (Å²) in [7, 11) is 1.83. The molecule has 0 spiro atoms. The third-order valence-electron chi connectivity index (χ3n) is 2.61. The molecule has 102 valence electrons. The fraction of sp³-hybridized carbons (Fsp3) is 0.417. The Morgan fingerprint density at radius 1 is 1.63 bits per heavy atom. The van der Waals surface area contributed by atoms with Crippen molar-refractivity contribution in [3.8, 4) is 10.6 Å². The van der Waals surface area contributed by atoms with E-state index in [-0.39, 0.29) is 18.4 Å². The lowest BCUT2D eigenvalue weighted by Crippen LogP contribution is -2.29. The second-order valence-corrected chi connectivity index (χ2v) is 5.30. The fourth-order valence-electron chi connectivity index (χ4n) is 1.46. The Hall–Kier alpha value is -1.73. The van der Waals surface area contributed by atoms with E-state index >= 15 is 0 Å². The molecule has 0 fully saturated rings. The molecular formula is C12H16N4O2S.